The fourth-order valence-electron chi connectivity index (χ4n) is 5.95. The van der Waals surface area contributed by atoms with Gasteiger partial charge in [0.25, 0.3) is 0 Å². The summed E-state index contributed by atoms with van der Waals surface area (Å²) >= 11 is 0. The standard InChI is InChI=1S/C31H19F3/c1-30(31(32,33)34)26-8-3-2-7-23(26)24-15-13-21(17-27(24)30)22-14-11-20-10-9-18-5-4-6-19-12-16-25(22)29(20)28(18)19/h2-17H,1H3. The summed E-state index contributed by atoms with van der Waals surface area (Å²) in [5.74, 6) is 0. The van der Waals surface area contributed by atoms with E-state index >= 15 is 0 Å². The predicted molar refractivity (Wildman–Crippen MR) is 134 cm³/mol. The van der Waals surface area contributed by atoms with Crippen molar-refractivity contribution in [1.29, 1.82) is 0 Å². The molecule has 1 aliphatic rings. The van der Waals surface area contributed by atoms with Crippen molar-refractivity contribution in [2.24, 2.45) is 0 Å². The van der Waals surface area contributed by atoms with Crippen LogP contribution in [-0.2, 0) is 5.41 Å². The largest absolute Gasteiger partial charge is 0.402 e. The van der Waals surface area contributed by atoms with E-state index in [1.165, 1.54) is 23.1 Å². The Bertz CT molecular complexity index is 1740. The molecular formula is C31H19F3. The lowest BCUT2D eigenvalue weighted by atomic mass is 9.78. The van der Waals surface area contributed by atoms with Crippen LogP contribution in [0.1, 0.15) is 18.1 Å². The Hall–Kier alpha value is -3.85. The fraction of sp³-hybridized carbons (Fsp3) is 0.0968. The van der Waals surface area contributed by atoms with Gasteiger partial charge in [-0.15, -0.1) is 0 Å². The zero-order valence-electron chi connectivity index (χ0n) is 18.4. The SMILES string of the molecule is CC1(C(F)(F)F)c2ccccc2-c2ccc(-c3ccc4ccc5cccc6ccc3c4c56)cc21. The fourth-order valence-corrected chi connectivity index (χ4v) is 5.95. The highest BCUT2D eigenvalue weighted by atomic mass is 19.4. The van der Waals surface area contributed by atoms with Crippen molar-refractivity contribution in [3.63, 3.8) is 0 Å². The van der Waals surface area contributed by atoms with Gasteiger partial charge in [-0.2, -0.15) is 13.2 Å². The van der Waals surface area contributed by atoms with Gasteiger partial charge < -0.3 is 0 Å². The van der Waals surface area contributed by atoms with Gasteiger partial charge in [-0.3, -0.25) is 0 Å². The van der Waals surface area contributed by atoms with Crippen LogP contribution in [0.15, 0.2) is 97.1 Å². The molecular weight excluding hydrogens is 429 g/mol. The number of rotatable bonds is 1. The van der Waals surface area contributed by atoms with Crippen molar-refractivity contribution in [2.75, 3.05) is 0 Å². The van der Waals surface area contributed by atoms with Crippen LogP contribution in [0.4, 0.5) is 13.2 Å². The van der Waals surface area contributed by atoms with Crippen LogP contribution in [0, 0.1) is 0 Å². The van der Waals surface area contributed by atoms with E-state index in [4.69, 9.17) is 0 Å². The first-order valence-electron chi connectivity index (χ1n) is 11.4. The topological polar surface area (TPSA) is 0 Å². The third kappa shape index (κ3) is 2.34. The third-order valence-corrected chi connectivity index (χ3v) is 7.72. The van der Waals surface area contributed by atoms with Crippen LogP contribution in [0.2, 0.25) is 0 Å². The van der Waals surface area contributed by atoms with Crippen LogP contribution in [0.5, 0.6) is 0 Å². The van der Waals surface area contributed by atoms with Crippen LogP contribution < -0.4 is 0 Å². The number of benzene rings is 6. The maximum Gasteiger partial charge on any atom is 0.402 e. The molecule has 3 heteroatoms. The lowest BCUT2D eigenvalue weighted by Crippen LogP contribution is -2.38. The van der Waals surface area contributed by atoms with E-state index in [9.17, 15) is 13.2 Å². The molecule has 0 bridgehead atoms. The minimum absolute atomic E-state index is 0.324. The average molecular weight is 448 g/mol. The zero-order valence-corrected chi connectivity index (χ0v) is 18.4. The zero-order chi connectivity index (χ0) is 23.2. The number of fused-ring (bicyclic) bond motifs is 3. The molecule has 0 aromatic heterocycles. The second-order valence-electron chi connectivity index (χ2n) is 9.40. The molecule has 0 amide bonds. The smallest absolute Gasteiger partial charge is 0.170 e. The molecule has 0 spiro atoms. The summed E-state index contributed by atoms with van der Waals surface area (Å²) in [7, 11) is 0. The van der Waals surface area contributed by atoms with E-state index in [-0.39, 0.29) is 0 Å². The molecule has 1 unspecified atom stereocenters. The van der Waals surface area contributed by atoms with Crippen LogP contribution >= 0.6 is 0 Å². The second-order valence-corrected chi connectivity index (χ2v) is 9.40. The van der Waals surface area contributed by atoms with E-state index < -0.39 is 11.6 Å². The molecule has 0 nitrogen and oxygen atoms in total. The summed E-state index contributed by atoms with van der Waals surface area (Å²) in [6.07, 6.45) is -4.41. The number of hydrogen-bond donors (Lipinski definition) is 0. The lowest BCUT2D eigenvalue weighted by Gasteiger charge is -2.30. The van der Waals surface area contributed by atoms with Crippen molar-refractivity contribution < 1.29 is 13.2 Å². The maximum absolute atomic E-state index is 14.6. The summed E-state index contributed by atoms with van der Waals surface area (Å²) in [5.41, 5.74) is 1.69. The number of halogens is 3. The van der Waals surface area contributed by atoms with Crippen molar-refractivity contribution >= 4 is 32.3 Å². The van der Waals surface area contributed by atoms with E-state index in [0.29, 0.717) is 22.3 Å². The second kappa shape index (κ2) is 6.38. The molecule has 0 radical (unpaired) electrons. The van der Waals surface area contributed by atoms with Gasteiger partial charge in [0.05, 0.1) is 0 Å². The highest BCUT2D eigenvalue weighted by Crippen LogP contribution is 2.57. The summed E-state index contributed by atoms with van der Waals surface area (Å²) < 4.78 is 43.7. The highest BCUT2D eigenvalue weighted by molar-refractivity contribution is 6.25. The first-order valence-corrected chi connectivity index (χ1v) is 11.4. The van der Waals surface area contributed by atoms with Gasteiger partial charge in [0, 0.05) is 0 Å². The molecule has 0 aliphatic heterocycles. The first kappa shape index (κ1) is 19.6. The molecule has 1 atom stereocenters. The molecule has 7 rings (SSSR count). The van der Waals surface area contributed by atoms with Gasteiger partial charge in [0.2, 0.25) is 0 Å². The predicted octanol–water partition coefficient (Wildman–Crippen LogP) is 9.10. The van der Waals surface area contributed by atoms with Crippen LogP contribution in [-0.4, -0.2) is 6.18 Å². The molecule has 6 aromatic rings. The minimum Gasteiger partial charge on any atom is -0.170 e. The van der Waals surface area contributed by atoms with Gasteiger partial charge in [-0.1, -0.05) is 91.0 Å². The molecule has 34 heavy (non-hydrogen) atoms. The highest BCUT2D eigenvalue weighted by Gasteiger charge is 2.58. The molecule has 0 saturated heterocycles. The molecule has 1 aliphatic carbocycles. The van der Waals surface area contributed by atoms with Gasteiger partial charge in [0.1, 0.15) is 5.41 Å². The Morgan fingerprint density at radius 1 is 0.559 bits per heavy atom. The van der Waals surface area contributed by atoms with E-state index in [2.05, 4.69) is 48.5 Å². The summed E-state index contributed by atoms with van der Waals surface area (Å²) in [6.45, 7) is 1.31. The van der Waals surface area contributed by atoms with Gasteiger partial charge in [0.15, 0.2) is 0 Å². The Labute approximate surface area is 194 Å². The van der Waals surface area contributed by atoms with Crippen molar-refractivity contribution in [3.8, 4) is 22.3 Å². The average Bonchev–Trinajstić information content (AvgIpc) is 3.12. The minimum atomic E-state index is -4.41. The lowest BCUT2D eigenvalue weighted by molar-refractivity contribution is -0.172. The Kier molecular flexibility index (Phi) is 3.68. The molecule has 0 heterocycles. The molecule has 164 valence electrons. The Morgan fingerprint density at radius 2 is 1.18 bits per heavy atom. The summed E-state index contributed by atoms with van der Waals surface area (Å²) in [6, 6.07) is 31.3. The Morgan fingerprint density at radius 3 is 1.94 bits per heavy atom. The van der Waals surface area contributed by atoms with E-state index in [1.54, 1.807) is 30.3 Å². The van der Waals surface area contributed by atoms with Gasteiger partial charge >= 0.3 is 6.18 Å². The number of alkyl halides is 3. The van der Waals surface area contributed by atoms with Crippen LogP contribution in [0.3, 0.4) is 0 Å². The summed E-state index contributed by atoms with van der Waals surface area (Å²) in [4.78, 5) is 0. The third-order valence-electron chi connectivity index (χ3n) is 7.72. The Balaban J connectivity index is 1.53. The summed E-state index contributed by atoms with van der Waals surface area (Å²) in [5, 5.41) is 6.90. The molecule has 0 saturated carbocycles. The van der Waals surface area contributed by atoms with Crippen molar-refractivity contribution in [3.05, 3.63) is 108 Å². The van der Waals surface area contributed by atoms with Crippen LogP contribution in [0.25, 0.3) is 54.6 Å². The normalized spacial score (nSPS) is 17.5. The first-order chi connectivity index (χ1) is 16.4. The molecule has 6 aromatic carbocycles. The monoisotopic (exact) mass is 448 g/mol. The van der Waals surface area contributed by atoms with E-state index in [0.717, 1.165) is 27.3 Å². The van der Waals surface area contributed by atoms with Gasteiger partial charge in [-0.25, -0.2) is 0 Å². The van der Waals surface area contributed by atoms with Crippen molar-refractivity contribution in [1.82, 2.24) is 0 Å². The maximum atomic E-state index is 14.6. The number of hydrogen-bond acceptors (Lipinski definition) is 0. The van der Waals surface area contributed by atoms with Gasteiger partial charge in [-0.05, 0) is 78.7 Å². The quantitative estimate of drug-likeness (QED) is 0.220. The molecule has 0 fully saturated rings. The van der Waals surface area contributed by atoms with E-state index in [1.807, 2.05) is 18.2 Å². The van der Waals surface area contributed by atoms with Crippen molar-refractivity contribution in [2.45, 2.75) is 18.5 Å². The molecule has 0 N–H and O–H groups in total.